The molecule has 0 aromatic heterocycles. The molecule has 0 spiro atoms. The van der Waals surface area contributed by atoms with E-state index in [-0.39, 0.29) is 25.1 Å². The molecule has 0 aromatic rings. The summed E-state index contributed by atoms with van der Waals surface area (Å²) in [7, 11) is -3.17. The van der Waals surface area contributed by atoms with Gasteiger partial charge in [0.1, 0.15) is 6.04 Å². The first-order valence-corrected chi connectivity index (χ1v) is 8.21. The SMILES string of the molecule is NC(=O)CC[C@H](NC(=O)NCC1CCCS1(=O)=O)C(=O)O. The van der Waals surface area contributed by atoms with Gasteiger partial charge in [-0.1, -0.05) is 0 Å². The molecule has 1 saturated heterocycles. The first-order chi connectivity index (χ1) is 9.72. The molecule has 2 atom stereocenters. The summed E-state index contributed by atoms with van der Waals surface area (Å²) < 4.78 is 23.1. The van der Waals surface area contributed by atoms with Gasteiger partial charge in [-0.05, 0) is 19.3 Å². The van der Waals surface area contributed by atoms with Crippen LogP contribution in [-0.4, -0.2) is 55.0 Å². The Morgan fingerprint density at radius 3 is 2.48 bits per heavy atom. The summed E-state index contributed by atoms with van der Waals surface area (Å²) in [6, 6.07) is -2.04. The van der Waals surface area contributed by atoms with Crippen molar-refractivity contribution in [1.82, 2.24) is 10.6 Å². The molecule has 1 aliphatic heterocycles. The third kappa shape index (κ3) is 5.58. The molecule has 0 aliphatic carbocycles. The lowest BCUT2D eigenvalue weighted by atomic mass is 10.1. The van der Waals surface area contributed by atoms with E-state index in [1.165, 1.54) is 0 Å². The topological polar surface area (TPSA) is 156 Å². The van der Waals surface area contributed by atoms with Gasteiger partial charge in [0, 0.05) is 13.0 Å². The third-order valence-corrected chi connectivity index (χ3v) is 5.51. The highest BCUT2D eigenvalue weighted by Crippen LogP contribution is 2.18. The van der Waals surface area contributed by atoms with Crippen LogP contribution < -0.4 is 16.4 Å². The van der Waals surface area contributed by atoms with Crippen LogP contribution in [-0.2, 0) is 19.4 Å². The summed E-state index contributed by atoms with van der Waals surface area (Å²) in [6.07, 6.45) is 0.743. The van der Waals surface area contributed by atoms with Crippen LogP contribution in [0.5, 0.6) is 0 Å². The molecule has 0 aromatic carbocycles. The number of primary amides is 1. The van der Waals surface area contributed by atoms with Crippen molar-refractivity contribution in [2.24, 2.45) is 5.73 Å². The molecule has 1 rings (SSSR count). The molecule has 1 unspecified atom stereocenters. The summed E-state index contributed by atoms with van der Waals surface area (Å²) in [5, 5.41) is 12.8. The molecule has 21 heavy (non-hydrogen) atoms. The second-order valence-corrected chi connectivity index (χ2v) is 7.28. The van der Waals surface area contributed by atoms with Gasteiger partial charge in [0.2, 0.25) is 5.91 Å². The van der Waals surface area contributed by atoms with E-state index in [2.05, 4.69) is 10.6 Å². The minimum atomic E-state index is -3.17. The van der Waals surface area contributed by atoms with Gasteiger partial charge in [-0.3, -0.25) is 4.79 Å². The van der Waals surface area contributed by atoms with E-state index in [4.69, 9.17) is 10.8 Å². The fourth-order valence-corrected chi connectivity index (χ4v) is 3.81. The summed E-state index contributed by atoms with van der Waals surface area (Å²) in [4.78, 5) is 33.1. The minimum absolute atomic E-state index is 0.0592. The molecule has 0 saturated carbocycles. The quantitative estimate of drug-likeness (QED) is 0.451. The van der Waals surface area contributed by atoms with E-state index in [9.17, 15) is 22.8 Å². The molecule has 1 fully saturated rings. The van der Waals surface area contributed by atoms with Crippen molar-refractivity contribution in [3.8, 4) is 0 Å². The summed E-state index contributed by atoms with van der Waals surface area (Å²) in [6.45, 7) is -0.0592. The van der Waals surface area contributed by atoms with Crippen LogP contribution in [0, 0.1) is 0 Å². The Balaban J connectivity index is 2.43. The second kappa shape index (κ2) is 7.25. The maximum Gasteiger partial charge on any atom is 0.326 e. The van der Waals surface area contributed by atoms with Gasteiger partial charge in [0.25, 0.3) is 0 Å². The van der Waals surface area contributed by atoms with Crippen LogP contribution in [0.4, 0.5) is 4.79 Å². The standard InChI is InChI=1S/C11H19N3O6S/c12-9(15)4-3-8(10(16)17)14-11(18)13-6-7-2-1-5-21(7,19)20/h7-8H,1-6H2,(H2,12,15)(H,16,17)(H2,13,14,18)/t7?,8-/m0/s1. The lowest BCUT2D eigenvalue weighted by Crippen LogP contribution is -2.48. The number of carboxylic acids is 1. The summed E-state index contributed by atoms with van der Waals surface area (Å²) >= 11 is 0. The number of rotatable bonds is 7. The minimum Gasteiger partial charge on any atom is -0.480 e. The Bertz CT molecular complexity index is 518. The number of carbonyl (C=O) groups excluding carboxylic acids is 2. The van der Waals surface area contributed by atoms with Crippen LogP contribution >= 0.6 is 0 Å². The first-order valence-electron chi connectivity index (χ1n) is 6.49. The molecule has 120 valence electrons. The monoisotopic (exact) mass is 321 g/mol. The van der Waals surface area contributed by atoms with Crippen molar-refractivity contribution in [2.45, 2.75) is 37.0 Å². The fraction of sp³-hybridized carbons (Fsp3) is 0.727. The molecular formula is C11H19N3O6S. The lowest BCUT2D eigenvalue weighted by Gasteiger charge is -2.16. The van der Waals surface area contributed by atoms with E-state index in [1.54, 1.807) is 0 Å². The Kier molecular flexibility index (Phi) is 5.94. The van der Waals surface area contributed by atoms with E-state index in [1.807, 2.05) is 0 Å². The zero-order chi connectivity index (χ0) is 16.0. The molecular weight excluding hydrogens is 302 g/mol. The van der Waals surface area contributed by atoms with E-state index in [0.29, 0.717) is 12.8 Å². The van der Waals surface area contributed by atoms with E-state index >= 15 is 0 Å². The van der Waals surface area contributed by atoms with Gasteiger partial charge in [0.15, 0.2) is 9.84 Å². The Labute approximate surface area is 122 Å². The van der Waals surface area contributed by atoms with Crippen LogP contribution in [0.15, 0.2) is 0 Å². The second-order valence-electron chi connectivity index (χ2n) is 4.88. The average molecular weight is 321 g/mol. The van der Waals surface area contributed by atoms with Crippen molar-refractivity contribution in [3.05, 3.63) is 0 Å². The zero-order valence-corrected chi connectivity index (χ0v) is 12.2. The number of hydrogen-bond donors (Lipinski definition) is 4. The van der Waals surface area contributed by atoms with Crippen molar-refractivity contribution >= 4 is 27.7 Å². The number of carboxylic acid groups (broad SMARTS) is 1. The van der Waals surface area contributed by atoms with Gasteiger partial charge < -0.3 is 21.5 Å². The maximum atomic E-state index is 11.6. The molecule has 10 heteroatoms. The molecule has 0 bridgehead atoms. The Hall–Kier alpha value is -1.84. The number of sulfone groups is 1. The third-order valence-electron chi connectivity index (χ3n) is 3.24. The number of nitrogens with two attached hydrogens (primary N) is 1. The van der Waals surface area contributed by atoms with Crippen molar-refractivity contribution in [1.29, 1.82) is 0 Å². The number of aliphatic carboxylic acids is 1. The van der Waals surface area contributed by atoms with Crippen molar-refractivity contribution in [2.75, 3.05) is 12.3 Å². The van der Waals surface area contributed by atoms with Crippen LogP contribution in [0.3, 0.4) is 0 Å². The predicted octanol–water partition coefficient (Wildman–Crippen LogP) is -1.42. The van der Waals surface area contributed by atoms with Crippen LogP contribution in [0.25, 0.3) is 0 Å². The highest BCUT2D eigenvalue weighted by atomic mass is 32.2. The summed E-state index contributed by atoms with van der Waals surface area (Å²) in [5.41, 5.74) is 4.92. The average Bonchev–Trinajstić information content (AvgIpc) is 2.70. The molecule has 0 radical (unpaired) electrons. The van der Waals surface area contributed by atoms with E-state index < -0.39 is 39.0 Å². The number of nitrogens with one attached hydrogen (secondary N) is 2. The fourth-order valence-electron chi connectivity index (χ4n) is 2.05. The van der Waals surface area contributed by atoms with Crippen LogP contribution in [0.2, 0.25) is 0 Å². The zero-order valence-electron chi connectivity index (χ0n) is 11.4. The van der Waals surface area contributed by atoms with Gasteiger partial charge >= 0.3 is 12.0 Å². The highest BCUT2D eigenvalue weighted by molar-refractivity contribution is 7.92. The number of carbonyl (C=O) groups is 3. The summed E-state index contributed by atoms with van der Waals surface area (Å²) in [5.74, 6) is -1.85. The molecule has 1 aliphatic rings. The Morgan fingerprint density at radius 2 is 2.00 bits per heavy atom. The van der Waals surface area contributed by atoms with Gasteiger partial charge in [0.05, 0.1) is 11.0 Å². The predicted molar refractivity (Wildman–Crippen MR) is 73.2 cm³/mol. The molecule has 5 N–H and O–H groups in total. The molecule has 3 amide bonds. The number of urea groups is 1. The first kappa shape index (κ1) is 17.2. The lowest BCUT2D eigenvalue weighted by molar-refractivity contribution is -0.139. The molecule has 9 nitrogen and oxygen atoms in total. The Morgan fingerprint density at radius 1 is 1.33 bits per heavy atom. The number of hydrogen-bond acceptors (Lipinski definition) is 5. The normalized spacial score (nSPS) is 21.4. The maximum absolute atomic E-state index is 11.6. The van der Waals surface area contributed by atoms with Crippen LogP contribution in [0.1, 0.15) is 25.7 Å². The molecule has 1 heterocycles. The van der Waals surface area contributed by atoms with Gasteiger partial charge in [-0.15, -0.1) is 0 Å². The van der Waals surface area contributed by atoms with Gasteiger partial charge in [-0.2, -0.15) is 0 Å². The smallest absolute Gasteiger partial charge is 0.326 e. The van der Waals surface area contributed by atoms with Gasteiger partial charge in [-0.25, -0.2) is 18.0 Å². The largest absolute Gasteiger partial charge is 0.480 e. The van der Waals surface area contributed by atoms with E-state index in [0.717, 1.165) is 0 Å². The highest BCUT2D eigenvalue weighted by Gasteiger charge is 2.31. The van der Waals surface area contributed by atoms with Crippen molar-refractivity contribution < 1.29 is 27.9 Å². The van der Waals surface area contributed by atoms with Crippen molar-refractivity contribution in [3.63, 3.8) is 0 Å². The number of amides is 3.